The van der Waals surface area contributed by atoms with Gasteiger partial charge in [-0.2, -0.15) is 0 Å². The smallest absolute Gasteiger partial charge is 0.339 e. The molecule has 1 aliphatic carbocycles. The van der Waals surface area contributed by atoms with Crippen molar-refractivity contribution in [1.29, 1.82) is 0 Å². The predicted molar refractivity (Wildman–Crippen MR) is 83.4 cm³/mol. The first kappa shape index (κ1) is 17.2. The Morgan fingerprint density at radius 3 is 2.35 bits per heavy atom. The molecule has 1 aromatic heterocycles. The number of rotatable bonds is 5. The SMILES string of the molecule is COC(=O)c1c(C)[nH]c(C(=O)[C@@H](C)OC(=O)C2CCCC2)c1C. The van der Waals surface area contributed by atoms with E-state index in [1.807, 2.05) is 0 Å². The third-order valence-electron chi connectivity index (χ3n) is 4.42. The van der Waals surface area contributed by atoms with Crippen LogP contribution in [0.1, 0.15) is 64.7 Å². The van der Waals surface area contributed by atoms with Crippen LogP contribution >= 0.6 is 0 Å². The standard InChI is InChI=1S/C17H23NO5/c1-9-13(17(21)22-4)10(2)18-14(9)15(19)11(3)23-16(20)12-7-5-6-8-12/h11-12,18H,5-8H2,1-4H3/t11-/m1/s1. The summed E-state index contributed by atoms with van der Waals surface area (Å²) in [6.07, 6.45) is 2.82. The molecule has 0 radical (unpaired) electrons. The van der Waals surface area contributed by atoms with Gasteiger partial charge in [-0.25, -0.2) is 4.79 Å². The second-order valence-electron chi connectivity index (χ2n) is 6.04. The van der Waals surface area contributed by atoms with Crippen LogP contribution in [0.3, 0.4) is 0 Å². The first-order valence-corrected chi connectivity index (χ1v) is 7.89. The lowest BCUT2D eigenvalue weighted by atomic mass is 10.1. The van der Waals surface area contributed by atoms with Gasteiger partial charge in [0.05, 0.1) is 24.3 Å². The van der Waals surface area contributed by atoms with Crippen LogP contribution in [-0.4, -0.2) is 35.9 Å². The van der Waals surface area contributed by atoms with Crippen LogP contribution in [0.5, 0.6) is 0 Å². The summed E-state index contributed by atoms with van der Waals surface area (Å²) in [5, 5.41) is 0. The van der Waals surface area contributed by atoms with E-state index in [1.165, 1.54) is 7.11 Å². The van der Waals surface area contributed by atoms with Gasteiger partial charge in [0, 0.05) is 5.69 Å². The highest BCUT2D eigenvalue weighted by Gasteiger charge is 2.30. The lowest BCUT2D eigenvalue weighted by molar-refractivity contribution is -0.151. The van der Waals surface area contributed by atoms with E-state index >= 15 is 0 Å². The molecule has 1 saturated carbocycles. The number of aryl methyl sites for hydroxylation is 1. The molecule has 1 atom stereocenters. The molecule has 0 saturated heterocycles. The largest absolute Gasteiger partial charge is 0.465 e. The summed E-state index contributed by atoms with van der Waals surface area (Å²) >= 11 is 0. The van der Waals surface area contributed by atoms with Crippen molar-refractivity contribution in [2.45, 2.75) is 52.6 Å². The van der Waals surface area contributed by atoms with Gasteiger partial charge in [0.2, 0.25) is 5.78 Å². The van der Waals surface area contributed by atoms with E-state index in [-0.39, 0.29) is 23.4 Å². The Balaban J connectivity index is 2.13. The van der Waals surface area contributed by atoms with Crippen LogP contribution in [0.15, 0.2) is 0 Å². The summed E-state index contributed by atoms with van der Waals surface area (Å²) in [5.41, 5.74) is 1.72. The minimum Gasteiger partial charge on any atom is -0.465 e. The Morgan fingerprint density at radius 2 is 1.78 bits per heavy atom. The topological polar surface area (TPSA) is 85.5 Å². The lowest BCUT2D eigenvalue weighted by Crippen LogP contribution is -2.28. The molecule has 0 unspecified atom stereocenters. The number of carbonyl (C=O) groups is 3. The highest BCUT2D eigenvalue weighted by atomic mass is 16.5. The second-order valence-corrected chi connectivity index (χ2v) is 6.04. The second kappa shape index (κ2) is 6.98. The number of ether oxygens (including phenoxy) is 2. The average Bonchev–Trinajstić information content (AvgIpc) is 3.14. The third-order valence-corrected chi connectivity index (χ3v) is 4.42. The number of aromatic nitrogens is 1. The lowest BCUT2D eigenvalue weighted by Gasteiger charge is -2.15. The van der Waals surface area contributed by atoms with Crippen molar-refractivity contribution < 1.29 is 23.9 Å². The van der Waals surface area contributed by atoms with E-state index in [0.29, 0.717) is 16.8 Å². The summed E-state index contributed by atoms with van der Waals surface area (Å²) in [6, 6.07) is 0. The third kappa shape index (κ3) is 3.46. The van der Waals surface area contributed by atoms with Gasteiger partial charge in [0.25, 0.3) is 0 Å². The number of H-pyrrole nitrogens is 1. The maximum atomic E-state index is 12.5. The summed E-state index contributed by atoms with van der Waals surface area (Å²) in [7, 11) is 1.29. The molecule has 6 heteroatoms. The fraction of sp³-hybridized carbons (Fsp3) is 0.588. The zero-order valence-electron chi connectivity index (χ0n) is 14.0. The highest BCUT2D eigenvalue weighted by molar-refractivity contribution is 6.04. The summed E-state index contributed by atoms with van der Waals surface area (Å²) in [4.78, 5) is 39.3. The average molecular weight is 321 g/mol. The normalized spacial score (nSPS) is 16.2. The number of esters is 2. The molecular weight excluding hydrogens is 298 g/mol. The summed E-state index contributed by atoms with van der Waals surface area (Å²) in [5.74, 6) is -1.24. The molecule has 1 fully saturated rings. The monoisotopic (exact) mass is 321 g/mol. The Hall–Kier alpha value is -2.11. The number of carbonyl (C=O) groups excluding carboxylic acids is 3. The van der Waals surface area contributed by atoms with Crippen molar-refractivity contribution >= 4 is 17.7 Å². The first-order chi connectivity index (χ1) is 10.9. The van der Waals surface area contributed by atoms with E-state index in [4.69, 9.17) is 9.47 Å². The van der Waals surface area contributed by atoms with Gasteiger partial charge in [-0.15, -0.1) is 0 Å². The molecule has 1 aliphatic rings. The molecule has 23 heavy (non-hydrogen) atoms. The van der Waals surface area contributed by atoms with E-state index in [2.05, 4.69) is 4.98 Å². The van der Waals surface area contributed by atoms with Crippen LogP contribution in [0.25, 0.3) is 0 Å². The Morgan fingerprint density at radius 1 is 1.17 bits per heavy atom. The van der Waals surface area contributed by atoms with Crippen molar-refractivity contribution in [1.82, 2.24) is 4.98 Å². The molecule has 1 heterocycles. The molecule has 2 rings (SSSR count). The van der Waals surface area contributed by atoms with Crippen LogP contribution in [0.4, 0.5) is 0 Å². The van der Waals surface area contributed by atoms with Crippen LogP contribution in [0.2, 0.25) is 0 Å². The van der Waals surface area contributed by atoms with Gasteiger partial charge < -0.3 is 14.5 Å². The summed E-state index contributed by atoms with van der Waals surface area (Å²) in [6.45, 7) is 4.93. The molecule has 1 N–H and O–H groups in total. The molecular formula is C17H23NO5. The number of methoxy groups -OCH3 is 1. The fourth-order valence-corrected chi connectivity index (χ4v) is 3.09. The number of hydrogen-bond acceptors (Lipinski definition) is 5. The predicted octanol–water partition coefficient (Wildman–Crippen LogP) is 2.72. The Bertz CT molecular complexity index is 625. The minimum atomic E-state index is -0.884. The number of nitrogens with one attached hydrogen (secondary N) is 1. The van der Waals surface area contributed by atoms with Gasteiger partial charge in [-0.05, 0) is 39.2 Å². The first-order valence-electron chi connectivity index (χ1n) is 7.89. The van der Waals surface area contributed by atoms with Crippen molar-refractivity contribution in [2.75, 3.05) is 7.11 Å². The van der Waals surface area contributed by atoms with Gasteiger partial charge >= 0.3 is 11.9 Å². The van der Waals surface area contributed by atoms with Crippen molar-refractivity contribution in [3.8, 4) is 0 Å². The van der Waals surface area contributed by atoms with Gasteiger partial charge in [-0.1, -0.05) is 12.8 Å². The van der Waals surface area contributed by atoms with Crippen molar-refractivity contribution in [3.05, 3.63) is 22.5 Å². The molecule has 0 bridgehead atoms. The van der Waals surface area contributed by atoms with E-state index in [0.717, 1.165) is 25.7 Å². The number of aromatic amines is 1. The maximum Gasteiger partial charge on any atom is 0.339 e. The number of ketones is 1. The highest BCUT2D eigenvalue weighted by Crippen LogP contribution is 2.27. The molecule has 0 amide bonds. The summed E-state index contributed by atoms with van der Waals surface area (Å²) < 4.78 is 10.0. The van der Waals surface area contributed by atoms with Crippen LogP contribution in [0, 0.1) is 19.8 Å². The van der Waals surface area contributed by atoms with E-state index in [1.54, 1.807) is 20.8 Å². The molecule has 0 aliphatic heterocycles. The van der Waals surface area contributed by atoms with Gasteiger partial charge in [0.1, 0.15) is 0 Å². The number of hydrogen-bond donors (Lipinski definition) is 1. The molecule has 0 aromatic carbocycles. The molecule has 0 spiro atoms. The van der Waals surface area contributed by atoms with E-state index < -0.39 is 12.1 Å². The zero-order chi connectivity index (χ0) is 17.1. The maximum absolute atomic E-state index is 12.5. The van der Waals surface area contributed by atoms with E-state index in [9.17, 15) is 14.4 Å². The molecule has 126 valence electrons. The molecule has 1 aromatic rings. The number of Topliss-reactive ketones (excluding diaryl/α,β-unsaturated/α-hetero) is 1. The van der Waals surface area contributed by atoms with Crippen molar-refractivity contribution in [2.24, 2.45) is 5.92 Å². The van der Waals surface area contributed by atoms with Crippen molar-refractivity contribution in [3.63, 3.8) is 0 Å². The Labute approximate surface area is 135 Å². The van der Waals surface area contributed by atoms with Crippen LogP contribution in [-0.2, 0) is 14.3 Å². The quantitative estimate of drug-likeness (QED) is 0.666. The van der Waals surface area contributed by atoms with Crippen LogP contribution < -0.4 is 0 Å². The molecule has 6 nitrogen and oxygen atoms in total. The fourth-order valence-electron chi connectivity index (χ4n) is 3.09. The Kier molecular flexibility index (Phi) is 5.23. The van der Waals surface area contributed by atoms with Gasteiger partial charge in [0.15, 0.2) is 6.10 Å². The zero-order valence-corrected chi connectivity index (χ0v) is 14.0. The minimum absolute atomic E-state index is 0.0950. The van der Waals surface area contributed by atoms with Gasteiger partial charge in [-0.3, -0.25) is 9.59 Å².